The summed E-state index contributed by atoms with van der Waals surface area (Å²) in [5, 5.41) is 4.19. The fraction of sp³-hybridized carbons (Fsp3) is 0.680. The van der Waals surface area contributed by atoms with Crippen LogP contribution in [0.1, 0.15) is 77.7 Å². The molecule has 2 aliphatic carbocycles. The third-order valence-electron chi connectivity index (χ3n) is 7.56. The number of rotatable bonds is 4. The molecule has 2 fully saturated rings. The molecule has 3 aliphatic rings. The predicted molar refractivity (Wildman–Crippen MR) is 115 cm³/mol. The molecule has 0 spiro atoms. The lowest BCUT2D eigenvalue weighted by atomic mass is 9.64. The Balaban J connectivity index is 1.51. The van der Waals surface area contributed by atoms with Crippen LogP contribution in [0.5, 0.6) is 0 Å². The van der Waals surface area contributed by atoms with Crippen molar-refractivity contribution in [3.63, 3.8) is 0 Å². The van der Waals surface area contributed by atoms with E-state index < -0.39 is 0 Å². The molecule has 0 saturated heterocycles. The highest BCUT2D eigenvalue weighted by atomic mass is 16.6. The van der Waals surface area contributed by atoms with E-state index in [2.05, 4.69) is 56.3 Å². The maximum absolute atomic E-state index is 13.2. The lowest BCUT2D eigenvalue weighted by Gasteiger charge is -2.44. The summed E-state index contributed by atoms with van der Waals surface area (Å²) in [6, 6.07) is 10.6. The fourth-order valence-electron chi connectivity index (χ4n) is 5.66. The smallest absolute Gasteiger partial charge is 0.356 e. The number of hydrogen-bond acceptors (Lipinski definition) is 4. The number of esters is 1. The molecule has 0 aromatic heterocycles. The average molecular weight is 398 g/mol. The first-order chi connectivity index (χ1) is 14.0. The Kier molecular flexibility index (Phi) is 5.98. The molecule has 1 heterocycles. The van der Waals surface area contributed by atoms with E-state index in [0.29, 0.717) is 17.5 Å². The summed E-state index contributed by atoms with van der Waals surface area (Å²) in [4.78, 5) is 18.8. The minimum atomic E-state index is -0.243. The molecule has 0 bridgehead atoms. The third-order valence-corrected chi connectivity index (χ3v) is 7.56. The summed E-state index contributed by atoms with van der Waals surface area (Å²) < 4.78 is 6.21. The zero-order valence-electron chi connectivity index (χ0n) is 18.1. The third kappa shape index (κ3) is 4.22. The second kappa shape index (κ2) is 8.49. The van der Waals surface area contributed by atoms with Crippen molar-refractivity contribution in [1.29, 1.82) is 0 Å². The maximum atomic E-state index is 13.2. The van der Waals surface area contributed by atoms with Gasteiger partial charge in [0.05, 0.1) is 5.92 Å². The van der Waals surface area contributed by atoms with Crippen LogP contribution in [0.4, 0.5) is 0 Å². The van der Waals surface area contributed by atoms with Crippen molar-refractivity contribution in [1.82, 2.24) is 0 Å². The molecular formula is C25H35NO3. The quantitative estimate of drug-likeness (QED) is 0.617. The molecule has 4 nitrogen and oxygen atoms in total. The van der Waals surface area contributed by atoms with E-state index in [1.807, 2.05) is 0 Å². The number of benzene rings is 1. The molecule has 29 heavy (non-hydrogen) atoms. The van der Waals surface area contributed by atoms with E-state index in [-0.39, 0.29) is 29.5 Å². The average Bonchev–Trinajstić information content (AvgIpc) is 2.97. The molecule has 0 unspecified atom stereocenters. The minimum absolute atomic E-state index is 0.0504. The molecule has 5 atom stereocenters. The summed E-state index contributed by atoms with van der Waals surface area (Å²) in [6.07, 6.45) is 8.68. The van der Waals surface area contributed by atoms with Crippen LogP contribution >= 0.6 is 0 Å². The SMILES string of the molecule is C[C@@H]1CC[C@@H](C(C)(C)c2ccccc2)[C@H](OC(=O)C2=NO[C@@H]3CCCCC[C@H]23)C1. The van der Waals surface area contributed by atoms with Crippen molar-refractivity contribution in [2.24, 2.45) is 22.9 Å². The van der Waals surface area contributed by atoms with Gasteiger partial charge in [0.2, 0.25) is 0 Å². The Morgan fingerprint density at radius 3 is 2.62 bits per heavy atom. The number of ether oxygens (including phenoxy) is 1. The van der Waals surface area contributed by atoms with Crippen LogP contribution in [0.25, 0.3) is 0 Å². The van der Waals surface area contributed by atoms with Crippen LogP contribution in [0.15, 0.2) is 35.5 Å². The molecule has 1 aromatic rings. The Bertz CT molecular complexity index is 742. The van der Waals surface area contributed by atoms with Gasteiger partial charge in [-0.25, -0.2) is 4.79 Å². The van der Waals surface area contributed by atoms with E-state index in [1.165, 1.54) is 18.4 Å². The molecule has 0 amide bonds. The topological polar surface area (TPSA) is 47.9 Å². The van der Waals surface area contributed by atoms with Gasteiger partial charge < -0.3 is 9.57 Å². The number of oxime groups is 1. The zero-order chi connectivity index (χ0) is 20.4. The summed E-state index contributed by atoms with van der Waals surface area (Å²) >= 11 is 0. The van der Waals surface area contributed by atoms with E-state index in [0.717, 1.165) is 38.5 Å². The maximum Gasteiger partial charge on any atom is 0.356 e. The Hall–Kier alpha value is -1.84. The molecule has 0 radical (unpaired) electrons. The highest BCUT2D eigenvalue weighted by Crippen LogP contribution is 2.44. The second-order valence-electron chi connectivity index (χ2n) is 9.92. The summed E-state index contributed by atoms with van der Waals surface area (Å²) in [7, 11) is 0. The van der Waals surface area contributed by atoms with Crippen LogP contribution in [-0.4, -0.2) is 23.9 Å². The van der Waals surface area contributed by atoms with Crippen LogP contribution in [0.2, 0.25) is 0 Å². The number of fused-ring (bicyclic) bond motifs is 1. The van der Waals surface area contributed by atoms with Gasteiger partial charge in [-0.1, -0.05) is 75.5 Å². The number of carbonyl (C=O) groups excluding carboxylic acids is 1. The van der Waals surface area contributed by atoms with Crippen LogP contribution < -0.4 is 0 Å². The van der Waals surface area contributed by atoms with Crippen LogP contribution in [0.3, 0.4) is 0 Å². The van der Waals surface area contributed by atoms with Gasteiger partial charge in [0.25, 0.3) is 0 Å². The van der Waals surface area contributed by atoms with Gasteiger partial charge in [0, 0.05) is 5.92 Å². The minimum Gasteiger partial charge on any atom is -0.457 e. The summed E-state index contributed by atoms with van der Waals surface area (Å²) in [5.41, 5.74) is 1.79. The summed E-state index contributed by atoms with van der Waals surface area (Å²) in [5.74, 6) is 0.750. The van der Waals surface area contributed by atoms with Crippen molar-refractivity contribution < 1.29 is 14.4 Å². The van der Waals surface area contributed by atoms with Gasteiger partial charge in [-0.3, -0.25) is 0 Å². The van der Waals surface area contributed by atoms with Crippen molar-refractivity contribution >= 4 is 11.7 Å². The first-order valence-electron chi connectivity index (χ1n) is 11.5. The van der Waals surface area contributed by atoms with Crippen molar-refractivity contribution in [2.45, 2.75) is 89.8 Å². The van der Waals surface area contributed by atoms with Crippen LogP contribution in [-0.2, 0) is 19.8 Å². The van der Waals surface area contributed by atoms with Crippen LogP contribution in [0, 0.1) is 17.8 Å². The Morgan fingerprint density at radius 1 is 1.07 bits per heavy atom. The Morgan fingerprint density at radius 2 is 1.83 bits per heavy atom. The molecular weight excluding hydrogens is 362 g/mol. The van der Waals surface area contributed by atoms with Crippen molar-refractivity contribution in [3.05, 3.63) is 35.9 Å². The van der Waals surface area contributed by atoms with Gasteiger partial charge in [-0.15, -0.1) is 0 Å². The van der Waals surface area contributed by atoms with Crippen molar-refractivity contribution in [3.8, 4) is 0 Å². The number of nitrogens with zero attached hydrogens (tertiary/aromatic N) is 1. The fourth-order valence-corrected chi connectivity index (χ4v) is 5.66. The van der Waals surface area contributed by atoms with E-state index >= 15 is 0 Å². The first kappa shape index (κ1) is 20.4. The largest absolute Gasteiger partial charge is 0.457 e. The zero-order valence-corrected chi connectivity index (χ0v) is 18.1. The highest BCUT2D eigenvalue weighted by Gasteiger charge is 2.44. The number of hydrogen-bond donors (Lipinski definition) is 0. The van der Waals surface area contributed by atoms with E-state index in [4.69, 9.17) is 9.57 Å². The molecule has 158 valence electrons. The molecule has 0 N–H and O–H groups in total. The second-order valence-corrected chi connectivity index (χ2v) is 9.92. The lowest BCUT2D eigenvalue weighted by Crippen LogP contribution is -2.44. The lowest BCUT2D eigenvalue weighted by molar-refractivity contribution is -0.148. The summed E-state index contributed by atoms with van der Waals surface area (Å²) in [6.45, 7) is 6.85. The molecule has 1 aliphatic heterocycles. The standard InChI is InChI=1S/C25H35NO3/c1-17-14-15-20(25(2,3)18-10-6-4-7-11-18)22(16-17)28-24(27)23-19-12-8-5-9-13-21(19)29-26-23/h4,6-7,10-11,17,19-22H,5,8-9,12-16H2,1-3H3/t17-,19+,20-,21-,22-/m1/s1. The molecule has 4 heteroatoms. The van der Waals surface area contributed by atoms with Gasteiger partial charge in [0.15, 0.2) is 5.71 Å². The molecule has 1 aromatic carbocycles. The van der Waals surface area contributed by atoms with Gasteiger partial charge in [-0.05, 0) is 49.0 Å². The molecule has 2 saturated carbocycles. The van der Waals surface area contributed by atoms with Gasteiger partial charge in [-0.2, -0.15) is 0 Å². The van der Waals surface area contributed by atoms with Gasteiger partial charge in [0.1, 0.15) is 12.2 Å². The van der Waals surface area contributed by atoms with Gasteiger partial charge >= 0.3 is 5.97 Å². The normalized spacial score (nSPS) is 32.5. The van der Waals surface area contributed by atoms with Crippen molar-refractivity contribution in [2.75, 3.05) is 0 Å². The Labute approximate surface area is 175 Å². The number of carbonyl (C=O) groups is 1. The first-order valence-corrected chi connectivity index (χ1v) is 11.5. The predicted octanol–water partition coefficient (Wildman–Crippen LogP) is 5.65. The monoisotopic (exact) mass is 397 g/mol. The van der Waals surface area contributed by atoms with E-state index in [9.17, 15) is 4.79 Å². The van der Waals surface area contributed by atoms with E-state index in [1.54, 1.807) is 0 Å². The molecule has 4 rings (SSSR count). The highest BCUT2D eigenvalue weighted by molar-refractivity contribution is 6.37.